The first-order chi connectivity index (χ1) is 5.83. The molecule has 0 spiro atoms. The predicted molar refractivity (Wildman–Crippen MR) is 49.2 cm³/mol. The third-order valence-electron chi connectivity index (χ3n) is 2.55. The van der Waals surface area contributed by atoms with E-state index in [0.29, 0.717) is 0 Å². The van der Waals surface area contributed by atoms with Crippen LogP contribution < -0.4 is 4.90 Å². The Balaban J connectivity index is 0.000000561. The fourth-order valence-electron chi connectivity index (χ4n) is 2.04. The van der Waals surface area contributed by atoms with Crippen molar-refractivity contribution in [2.45, 2.75) is 32.6 Å². The van der Waals surface area contributed by atoms with E-state index in [-0.39, 0.29) is 0 Å². The van der Waals surface area contributed by atoms with E-state index in [0.717, 1.165) is 5.92 Å². The normalized spacial score (nSPS) is 28.7. The maximum absolute atomic E-state index is 6.25. The zero-order valence-electron chi connectivity index (χ0n) is 8.27. The van der Waals surface area contributed by atoms with Crippen molar-refractivity contribution < 1.29 is 4.90 Å². The average Bonchev–Trinajstić information content (AvgIpc) is 2.09. The van der Waals surface area contributed by atoms with Crippen LogP contribution in [0.15, 0.2) is 0 Å². The van der Waals surface area contributed by atoms with Crippen molar-refractivity contribution in [2.75, 3.05) is 20.1 Å². The number of nitrogens with one attached hydrogen (secondary N) is 1. The minimum Gasteiger partial charge on any atom is -0.512 e. The van der Waals surface area contributed by atoms with Crippen LogP contribution in [0.1, 0.15) is 32.6 Å². The standard InChI is InChI=1S/C9H19N.CN/c1-3-5-9-6-4-7-10(2)8-9;1-2/h9H,3-8H2,1-2H3;/q;-1/p+1. The molecule has 70 valence electrons. The van der Waals surface area contributed by atoms with Crippen LogP contribution in [0.25, 0.3) is 0 Å². The molecule has 2 atom stereocenters. The van der Waals surface area contributed by atoms with Crippen LogP contribution in [0.2, 0.25) is 0 Å². The lowest BCUT2D eigenvalue weighted by atomic mass is 9.94. The fraction of sp³-hybridized carbons (Fsp3) is 0.900. The maximum Gasteiger partial charge on any atom is 0.0797 e. The van der Waals surface area contributed by atoms with E-state index >= 15 is 0 Å². The lowest BCUT2D eigenvalue weighted by molar-refractivity contribution is -0.888. The lowest BCUT2D eigenvalue weighted by Gasteiger charge is -2.26. The van der Waals surface area contributed by atoms with Gasteiger partial charge in [-0.25, -0.2) is 0 Å². The predicted octanol–water partition coefficient (Wildman–Crippen LogP) is 0.808. The quantitative estimate of drug-likeness (QED) is 0.607. The molecule has 0 bridgehead atoms. The summed E-state index contributed by atoms with van der Waals surface area (Å²) in [5.74, 6) is 1.04. The van der Waals surface area contributed by atoms with Crippen molar-refractivity contribution in [3.8, 4) is 0 Å². The lowest BCUT2D eigenvalue weighted by Crippen LogP contribution is -3.10. The van der Waals surface area contributed by atoms with Crippen LogP contribution in [0.4, 0.5) is 0 Å². The van der Waals surface area contributed by atoms with E-state index < -0.39 is 0 Å². The second-order valence-corrected chi connectivity index (χ2v) is 3.71. The highest BCUT2D eigenvalue weighted by molar-refractivity contribution is 4.59. The largest absolute Gasteiger partial charge is 0.512 e. The molecule has 0 saturated carbocycles. The van der Waals surface area contributed by atoms with Crippen molar-refractivity contribution in [3.05, 3.63) is 6.57 Å². The van der Waals surface area contributed by atoms with E-state index in [9.17, 15) is 0 Å². The number of nitrogens with zero attached hydrogens (tertiary/aromatic N) is 1. The number of piperidine rings is 1. The van der Waals surface area contributed by atoms with Crippen molar-refractivity contribution in [1.82, 2.24) is 0 Å². The summed E-state index contributed by atoms with van der Waals surface area (Å²) < 4.78 is 0. The number of hydrogen-bond donors (Lipinski definition) is 1. The summed E-state index contributed by atoms with van der Waals surface area (Å²) in [4.78, 5) is 1.74. The molecule has 2 unspecified atom stereocenters. The van der Waals surface area contributed by atoms with Gasteiger partial charge in [0, 0.05) is 5.92 Å². The number of likely N-dealkylation sites (tertiary alicyclic amines) is 1. The van der Waals surface area contributed by atoms with Crippen LogP contribution in [-0.4, -0.2) is 20.1 Å². The summed E-state index contributed by atoms with van der Waals surface area (Å²) in [6, 6.07) is 0. The van der Waals surface area contributed by atoms with Gasteiger partial charge in [0.2, 0.25) is 0 Å². The van der Waals surface area contributed by atoms with E-state index in [2.05, 4.69) is 14.0 Å². The van der Waals surface area contributed by atoms with Crippen molar-refractivity contribution >= 4 is 0 Å². The van der Waals surface area contributed by atoms with Crippen LogP contribution in [0.5, 0.6) is 0 Å². The van der Waals surface area contributed by atoms with Crippen molar-refractivity contribution in [1.29, 1.82) is 5.26 Å². The second-order valence-electron chi connectivity index (χ2n) is 3.71. The maximum atomic E-state index is 6.25. The van der Waals surface area contributed by atoms with Gasteiger partial charge >= 0.3 is 0 Å². The molecule has 1 N–H and O–H groups in total. The molecule has 0 aliphatic carbocycles. The first-order valence-electron chi connectivity index (χ1n) is 4.86. The highest BCUT2D eigenvalue weighted by Gasteiger charge is 2.18. The van der Waals surface area contributed by atoms with Gasteiger partial charge in [0.05, 0.1) is 20.1 Å². The molecule has 0 amide bonds. The molecule has 0 aromatic heterocycles. The van der Waals surface area contributed by atoms with Crippen LogP contribution >= 0.6 is 0 Å². The molecule has 0 aromatic rings. The Bertz CT molecular complexity index is 118. The topological polar surface area (TPSA) is 28.2 Å². The monoisotopic (exact) mass is 168 g/mol. The van der Waals surface area contributed by atoms with Gasteiger partial charge in [-0.2, -0.15) is 0 Å². The van der Waals surface area contributed by atoms with E-state index in [1.807, 2.05) is 0 Å². The third-order valence-corrected chi connectivity index (χ3v) is 2.55. The van der Waals surface area contributed by atoms with Gasteiger partial charge in [0.25, 0.3) is 0 Å². The van der Waals surface area contributed by atoms with E-state index in [1.54, 1.807) is 4.90 Å². The van der Waals surface area contributed by atoms with Gasteiger partial charge in [-0.1, -0.05) is 13.3 Å². The third kappa shape index (κ3) is 4.35. The van der Waals surface area contributed by atoms with Crippen molar-refractivity contribution in [3.63, 3.8) is 0 Å². The minimum absolute atomic E-state index is 1.04. The molecule has 1 saturated heterocycles. The minimum atomic E-state index is 1.04. The molecule has 2 nitrogen and oxygen atoms in total. The molecule has 0 radical (unpaired) electrons. The van der Waals surface area contributed by atoms with Gasteiger partial charge in [-0.3, -0.25) is 0 Å². The first-order valence-corrected chi connectivity index (χ1v) is 4.86. The van der Waals surface area contributed by atoms with Crippen LogP contribution in [0, 0.1) is 17.8 Å². The van der Waals surface area contributed by atoms with Gasteiger partial charge in [0.15, 0.2) is 0 Å². The highest BCUT2D eigenvalue weighted by Crippen LogP contribution is 2.12. The van der Waals surface area contributed by atoms with Gasteiger partial charge in [0.1, 0.15) is 0 Å². The molecule has 1 heterocycles. The summed E-state index contributed by atoms with van der Waals surface area (Å²) in [5.41, 5.74) is 0. The van der Waals surface area contributed by atoms with Crippen LogP contribution in [0.3, 0.4) is 0 Å². The van der Waals surface area contributed by atoms with Crippen molar-refractivity contribution in [2.24, 2.45) is 5.92 Å². The molecular formula is C10H20N2. The van der Waals surface area contributed by atoms with Gasteiger partial charge in [-0.05, 0) is 19.3 Å². The molecule has 1 rings (SSSR count). The average molecular weight is 168 g/mol. The molecule has 1 aliphatic rings. The molecular weight excluding hydrogens is 148 g/mol. The zero-order valence-corrected chi connectivity index (χ0v) is 8.27. The Morgan fingerprint density at radius 2 is 2.17 bits per heavy atom. The summed E-state index contributed by atoms with van der Waals surface area (Å²) >= 11 is 0. The first kappa shape index (κ1) is 11.4. The smallest absolute Gasteiger partial charge is 0.0797 e. The summed E-state index contributed by atoms with van der Waals surface area (Å²) in [5, 5.41) is 6.25. The SMILES string of the molecule is CCCC1CCC[NH+](C)C1.[C-]#N. The van der Waals surface area contributed by atoms with Gasteiger partial charge < -0.3 is 16.7 Å². The Kier molecular flexibility index (Phi) is 6.79. The fourth-order valence-corrected chi connectivity index (χ4v) is 2.04. The number of rotatable bonds is 2. The van der Waals surface area contributed by atoms with E-state index in [4.69, 9.17) is 11.8 Å². The molecule has 1 fully saturated rings. The Morgan fingerprint density at radius 1 is 1.50 bits per heavy atom. The molecule has 0 aromatic carbocycles. The Labute approximate surface area is 76.2 Å². The molecule has 12 heavy (non-hydrogen) atoms. The summed E-state index contributed by atoms with van der Waals surface area (Å²) in [6.45, 7) is 9.87. The number of hydrogen-bond acceptors (Lipinski definition) is 1. The molecule has 1 aliphatic heterocycles. The number of quaternary nitrogens is 1. The highest BCUT2D eigenvalue weighted by atomic mass is 15.1. The Hall–Kier alpha value is -0.550. The van der Waals surface area contributed by atoms with E-state index in [1.165, 1.54) is 38.8 Å². The van der Waals surface area contributed by atoms with Gasteiger partial charge in [-0.15, -0.1) is 0 Å². The van der Waals surface area contributed by atoms with Crippen LogP contribution in [-0.2, 0) is 0 Å². The Morgan fingerprint density at radius 3 is 2.67 bits per heavy atom. The summed E-state index contributed by atoms with van der Waals surface area (Å²) in [6.07, 6.45) is 5.77. The molecule has 2 heteroatoms. The zero-order chi connectivity index (χ0) is 9.40. The summed E-state index contributed by atoms with van der Waals surface area (Å²) in [7, 11) is 2.32. The second kappa shape index (κ2) is 7.12.